The molecule has 1 unspecified atom stereocenters. The number of rotatable bonds is 11. The Labute approximate surface area is 607 Å². The zero-order valence-electron chi connectivity index (χ0n) is 60.1. The number of aromatic nitrogens is 12. The molecule has 6 bridgehead atoms. The number of carbonyl (C=O) groups excluding carboxylic acids is 6. The van der Waals surface area contributed by atoms with Gasteiger partial charge >= 0.3 is 0 Å². The SMILES string of the molecule is CC(=O)c1nn2c3c(cc(-c4cnc(C)nc4)cc13)CCCCCCCCC[C@@]13C[C@@H](C(=O)Cc4nc(C)ccc4C)N(C(=O)C2)[C@@H]1C3.CCC1NCc2cc(-c3cnc(C)nc3)cc3c(C(C)=O)nn(c23)CC(=O)N2[C@H](C(=O)Cc3nc(Br)ccc3C)C[C@]3(C[C@@H]23)CN2CCC[C@H]2c2nnc1o2. The van der Waals surface area contributed by atoms with Crippen molar-refractivity contribution >= 4 is 72.7 Å². The highest BCUT2D eigenvalue weighted by atomic mass is 79.9. The summed E-state index contributed by atoms with van der Waals surface area (Å²) in [4.78, 5) is 117. The van der Waals surface area contributed by atoms with E-state index in [0.29, 0.717) is 69.7 Å². The van der Waals surface area contributed by atoms with Crippen LogP contribution in [-0.2, 0) is 58.1 Å². The third-order valence-corrected chi connectivity index (χ3v) is 23.6. The molecule has 5 aliphatic heterocycles. The van der Waals surface area contributed by atoms with Gasteiger partial charge in [0.15, 0.2) is 23.1 Å². The Morgan fingerprint density at radius 1 is 0.602 bits per heavy atom. The molecule has 103 heavy (non-hydrogen) atoms. The Morgan fingerprint density at radius 2 is 1.13 bits per heavy atom. The summed E-state index contributed by atoms with van der Waals surface area (Å²) < 4.78 is 10.5. The third-order valence-electron chi connectivity index (χ3n) is 23.1. The summed E-state index contributed by atoms with van der Waals surface area (Å²) in [5, 5.41) is 23.8. The number of benzene rings is 2. The Balaban J connectivity index is 0.000000168. The maximum Gasteiger partial charge on any atom is 0.245 e. The monoisotopic (exact) mass is 1450 g/mol. The van der Waals surface area contributed by atoms with Gasteiger partial charge in [-0.3, -0.25) is 48.0 Å². The molecule has 2 saturated carbocycles. The number of ketones is 4. The minimum absolute atomic E-state index is 0.0121. The fourth-order valence-corrected chi connectivity index (χ4v) is 17.9. The molecule has 7 aliphatic rings. The van der Waals surface area contributed by atoms with Crippen LogP contribution in [0.3, 0.4) is 0 Å². The lowest BCUT2D eigenvalue weighted by Crippen LogP contribution is -2.45. The third kappa shape index (κ3) is 13.7. The molecule has 3 saturated heterocycles. The van der Waals surface area contributed by atoms with Crippen LogP contribution < -0.4 is 5.32 Å². The van der Waals surface area contributed by atoms with E-state index in [1.807, 2.05) is 99.3 Å². The summed E-state index contributed by atoms with van der Waals surface area (Å²) in [6.07, 6.45) is 23.1. The second-order valence-electron chi connectivity index (χ2n) is 30.3. The Kier molecular flexibility index (Phi) is 19.1. The highest BCUT2D eigenvalue weighted by Gasteiger charge is 2.68. The molecule has 5 fully saturated rings. The van der Waals surface area contributed by atoms with Gasteiger partial charge in [0.1, 0.15) is 40.7 Å². The van der Waals surface area contributed by atoms with E-state index in [1.54, 1.807) is 21.8 Å². The number of fused-ring (bicyclic) bond motifs is 4. The first-order valence-electron chi connectivity index (χ1n) is 36.9. The van der Waals surface area contributed by atoms with Crippen molar-refractivity contribution in [2.45, 2.75) is 227 Å². The van der Waals surface area contributed by atoms with Crippen LogP contribution in [0.4, 0.5) is 0 Å². The lowest BCUT2D eigenvalue weighted by atomic mass is 9.90. The Bertz CT molecular complexity index is 4850. The molecular weight excluding hydrogens is 1360 g/mol. The first-order chi connectivity index (χ1) is 49.6. The van der Waals surface area contributed by atoms with Crippen molar-refractivity contribution in [3.63, 3.8) is 0 Å². The van der Waals surface area contributed by atoms with Gasteiger partial charge in [0.2, 0.25) is 23.6 Å². The topological polar surface area (TPSA) is 276 Å². The standard InChI is InChI=1S/C40H43BrN10O4.C39H46N6O3/c1-5-28-38-46-47-39(55-38)30-7-6-10-49(30)20-40-14-31(32(53)13-29-21(2)8-9-34(41)45-29)51(33(40)15-40)35(54)19-50-37-25(16-44-28)11-24(26-17-42-23(4)43-18-26)12-27(37)36(48-50)22(3)52;1-24-13-14-25(2)42-32(24)18-34(47)33-19-39-15-11-9-7-5-6-8-10-12-28-16-29(30-21-40-27(4)41-22-30)17-31-37(26(3)46)43-44(38(28)31)23-36(48)45(33)35(39)20-39/h8-9,11-12,17-18,28,30-31,33,44H,5-7,10,13-16,19-20H2,1-4H3;13-14,16-17,21-22,33,35H,5-12,15,18-20,23H2,1-4H3/t28?,30-,31-,33+,40-;33-,35+,39-/m00/s1. The van der Waals surface area contributed by atoms with E-state index in [0.717, 1.165) is 144 Å². The van der Waals surface area contributed by atoms with E-state index in [4.69, 9.17) is 14.6 Å². The second-order valence-corrected chi connectivity index (χ2v) is 31.1. The molecule has 9 aromatic rings. The lowest BCUT2D eigenvalue weighted by molar-refractivity contribution is -0.139. The van der Waals surface area contributed by atoms with Gasteiger partial charge in [-0.1, -0.05) is 57.6 Å². The summed E-state index contributed by atoms with van der Waals surface area (Å²) in [5.41, 5.74) is 11.5. The molecule has 0 spiro atoms. The van der Waals surface area contributed by atoms with Crippen LogP contribution in [-0.4, -0.2) is 147 Å². The van der Waals surface area contributed by atoms with E-state index >= 15 is 0 Å². The highest BCUT2D eigenvalue weighted by molar-refractivity contribution is 9.10. The van der Waals surface area contributed by atoms with E-state index in [9.17, 15) is 28.8 Å². The molecule has 0 radical (unpaired) electrons. The van der Waals surface area contributed by atoms with Gasteiger partial charge in [0.05, 0.1) is 59.4 Å². The number of pyridine rings is 2. The first-order valence-corrected chi connectivity index (χ1v) is 37.6. The van der Waals surface area contributed by atoms with Crippen molar-refractivity contribution < 1.29 is 33.2 Å². The number of amides is 2. The zero-order valence-corrected chi connectivity index (χ0v) is 61.7. The molecule has 2 aliphatic carbocycles. The van der Waals surface area contributed by atoms with Crippen LogP contribution >= 0.6 is 15.9 Å². The van der Waals surface area contributed by atoms with Crippen LogP contribution in [0.2, 0.25) is 0 Å². The number of nitrogens with zero attached hydrogens (tertiary/aromatic N) is 15. The molecule has 1 N–H and O–H groups in total. The van der Waals surface area contributed by atoms with Gasteiger partial charge in [-0.05, 0) is 196 Å². The van der Waals surface area contributed by atoms with Crippen molar-refractivity contribution in [3.8, 4) is 22.3 Å². The number of piperidine rings is 2. The lowest BCUT2D eigenvalue weighted by Gasteiger charge is -2.27. The van der Waals surface area contributed by atoms with Crippen LogP contribution in [0.15, 0.2) is 82.3 Å². The summed E-state index contributed by atoms with van der Waals surface area (Å²) in [7, 11) is 0. The number of aryl methyl sites for hydroxylation is 6. The average Bonchev–Trinajstić information content (AvgIpc) is 1.54. The Hall–Kier alpha value is -9.00. The fourth-order valence-electron chi connectivity index (χ4n) is 17.5. The van der Waals surface area contributed by atoms with Crippen molar-refractivity contribution in [1.29, 1.82) is 0 Å². The molecule has 534 valence electrons. The van der Waals surface area contributed by atoms with E-state index in [2.05, 4.69) is 79.2 Å². The van der Waals surface area contributed by atoms with Gasteiger partial charge in [-0.25, -0.2) is 24.9 Å². The normalized spacial score (nSPS) is 24.2. The van der Waals surface area contributed by atoms with E-state index in [1.165, 1.54) is 39.5 Å². The predicted molar refractivity (Wildman–Crippen MR) is 389 cm³/mol. The molecule has 12 heterocycles. The van der Waals surface area contributed by atoms with Crippen molar-refractivity contribution in [1.82, 2.24) is 79.7 Å². The maximum absolute atomic E-state index is 14.8. The van der Waals surface area contributed by atoms with Crippen LogP contribution in [0.5, 0.6) is 0 Å². The van der Waals surface area contributed by atoms with Crippen molar-refractivity contribution in [3.05, 3.63) is 152 Å². The summed E-state index contributed by atoms with van der Waals surface area (Å²) in [5.74, 6) is 1.86. The summed E-state index contributed by atoms with van der Waals surface area (Å²) in [6, 6.07) is 14.5. The number of halogens is 1. The van der Waals surface area contributed by atoms with Crippen LogP contribution in [0, 0.1) is 45.4 Å². The highest BCUT2D eigenvalue weighted by Crippen LogP contribution is 2.63. The number of carbonyl (C=O) groups is 6. The number of hydrogen-bond donors (Lipinski definition) is 1. The van der Waals surface area contributed by atoms with Gasteiger partial charge in [-0.15, -0.1) is 10.2 Å². The largest absolute Gasteiger partial charge is 0.422 e. The fraction of sp³-hybridized carbons (Fsp3) is 0.494. The van der Waals surface area contributed by atoms with Gasteiger partial charge in [0, 0.05) is 96.8 Å². The Morgan fingerprint density at radius 3 is 1.73 bits per heavy atom. The van der Waals surface area contributed by atoms with Gasteiger partial charge < -0.3 is 19.5 Å². The summed E-state index contributed by atoms with van der Waals surface area (Å²) >= 11 is 3.46. The minimum atomic E-state index is -0.616. The minimum Gasteiger partial charge on any atom is -0.422 e. The first kappa shape index (κ1) is 69.7. The smallest absolute Gasteiger partial charge is 0.245 e. The maximum atomic E-state index is 14.8. The predicted octanol–water partition coefficient (Wildman–Crippen LogP) is 12.3. The number of hydrogen-bond acceptors (Lipinski definition) is 19. The van der Waals surface area contributed by atoms with Crippen molar-refractivity contribution in [2.24, 2.45) is 10.8 Å². The molecule has 23 nitrogen and oxygen atoms in total. The average molecular weight is 1450 g/mol. The van der Waals surface area contributed by atoms with Crippen LogP contribution in [0.25, 0.3) is 44.1 Å². The van der Waals surface area contributed by atoms with Gasteiger partial charge in [-0.2, -0.15) is 10.2 Å². The molecule has 2 amide bonds. The number of nitrogens with one attached hydrogen (secondary N) is 1. The summed E-state index contributed by atoms with van der Waals surface area (Å²) in [6.45, 7) is 16.5. The van der Waals surface area contributed by atoms with Crippen molar-refractivity contribution in [2.75, 3.05) is 13.1 Å². The molecule has 16 rings (SSSR count). The van der Waals surface area contributed by atoms with Gasteiger partial charge in [0.25, 0.3) is 0 Å². The molecule has 7 aromatic heterocycles. The van der Waals surface area contributed by atoms with E-state index < -0.39 is 12.1 Å². The van der Waals surface area contributed by atoms with E-state index in [-0.39, 0.29) is 102 Å². The molecular formula is C79H89BrN16O7. The molecule has 24 heteroatoms. The molecule has 2 aromatic carbocycles. The van der Waals surface area contributed by atoms with Crippen LogP contribution in [0.1, 0.15) is 213 Å². The molecule has 8 atom stereocenters. The zero-order chi connectivity index (χ0) is 71.8. The quantitative estimate of drug-likeness (QED) is 0.0930. The second kappa shape index (κ2) is 28.2. The number of Topliss-reactive ketones (excluding diaryl/α,β-unsaturated/α-hetero) is 4.